The van der Waals surface area contributed by atoms with E-state index in [9.17, 15) is 0 Å². The van der Waals surface area contributed by atoms with Crippen LogP contribution in [0.25, 0.3) is 0 Å². The highest BCUT2D eigenvalue weighted by Crippen LogP contribution is 2.03. The molecule has 1 aliphatic rings. The van der Waals surface area contributed by atoms with Crippen molar-refractivity contribution in [3.63, 3.8) is 0 Å². The molecule has 0 aromatic rings. The summed E-state index contributed by atoms with van der Waals surface area (Å²) in [5.41, 5.74) is 7.57. The molecule has 0 aliphatic carbocycles. The second kappa shape index (κ2) is 2.41. The monoisotopic (exact) mass is 128 g/mol. The van der Waals surface area contributed by atoms with Gasteiger partial charge >= 0.3 is 0 Å². The lowest BCUT2D eigenvalue weighted by atomic mass is 10.3. The summed E-state index contributed by atoms with van der Waals surface area (Å²) >= 11 is 0. The molecule has 0 unspecified atom stereocenters. The average molecular weight is 128 g/mol. The van der Waals surface area contributed by atoms with E-state index in [-0.39, 0.29) is 5.88 Å². The molecule has 4 N–H and O–H groups in total. The Morgan fingerprint density at radius 3 is 3.00 bits per heavy atom. The van der Waals surface area contributed by atoms with Crippen LogP contribution in [0.3, 0.4) is 0 Å². The van der Waals surface area contributed by atoms with Crippen molar-refractivity contribution in [3.8, 4) is 0 Å². The van der Waals surface area contributed by atoms with Crippen molar-refractivity contribution in [3.05, 3.63) is 23.7 Å². The summed E-state index contributed by atoms with van der Waals surface area (Å²) in [5, 5.41) is 8.34. The Labute approximate surface area is 52.6 Å². The zero-order chi connectivity index (χ0) is 6.69. The molecule has 0 fully saturated rings. The molecule has 0 saturated heterocycles. The quantitative estimate of drug-likeness (QED) is 0.423. The Kier molecular flexibility index (Phi) is 1.60. The molecule has 50 valence electrons. The average Bonchev–Trinajstić information content (AvgIpc) is 1.89. The van der Waals surface area contributed by atoms with Crippen molar-refractivity contribution >= 4 is 0 Å². The van der Waals surface area contributed by atoms with Gasteiger partial charge in [0, 0.05) is 0 Å². The van der Waals surface area contributed by atoms with Crippen LogP contribution in [0.1, 0.15) is 0 Å². The molecule has 0 spiro atoms. The highest BCUT2D eigenvalue weighted by Gasteiger charge is 2.02. The summed E-state index contributed by atoms with van der Waals surface area (Å²) in [7, 11) is 0. The minimum Gasteiger partial charge on any atom is -0.474 e. The van der Waals surface area contributed by atoms with Gasteiger partial charge in [-0.1, -0.05) is 0 Å². The van der Waals surface area contributed by atoms with Gasteiger partial charge in [0.15, 0.2) is 0 Å². The standard InChI is InChI=1S/C5H8N2O2/c6-5-4(7-8)2-1-3-9-5/h1-2,7-8H,3,6H2. The second-order valence-corrected chi connectivity index (χ2v) is 1.60. The molecule has 0 atom stereocenters. The third-order valence-corrected chi connectivity index (χ3v) is 1.01. The van der Waals surface area contributed by atoms with E-state index in [4.69, 9.17) is 15.7 Å². The summed E-state index contributed by atoms with van der Waals surface area (Å²) < 4.78 is 4.83. The van der Waals surface area contributed by atoms with Crippen molar-refractivity contribution in [2.24, 2.45) is 5.73 Å². The van der Waals surface area contributed by atoms with E-state index in [0.717, 1.165) is 0 Å². The first-order chi connectivity index (χ1) is 4.34. The van der Waals surface area contributed by atoms with Crippen LogP contribution >= 0.6 is 0 Å². The fourth-order valence-electron chi connectivity index (χ4n) is 0.556. The molecule has 1 aliphatic heterocycles. The summed E-state index contributed by atoms with van der Waals surface area (Å²) in [5.74, 6) is 0.222. The number of nitrogens with one attached hydrogen (secondary N) is 1. The highest BCUT2D eigenvalue weighted by atomic mass is 16.5. The molecular weight excluding hydrogens is 120 g/mol. The van der Waals surface area contributed by atoms with Crippen LogP contribution in [0.2, 0.25) is 0 Å². The van der Waals surface area contributed by atoms with Gasteiger partial charge in [-0.15, -0.1) is 0 Å². The van der Waals surface area contributed by atoms with Crippen LogP contribution in [0.15, 0.2) is 23.7 Å². The van der Waals surface area contributed by atoms with Crippen LogP contribution in [-0.2, 0) is 4.74 Å². The van der Waals surface area contributed by atoms with Gasteiger partial charge in [0.1, 0.15) is 12.3 Å². The molecule has 0 aromatic heterocycles. The maximum atomic E-state index is 8.34. The number of rotatable bonds is 1. The van der Waals surface area contributed by atoms with Crippen molar-refractivity contribution in [2.45, 2.75) is 0 Å². The molecule has 4 heteroatoms. The number of nitrogens with two attached hydrogens (primary N) is 1. The molecule has 1 rings (SSSR count). The predicted molar refractivity (Wildman–Crippen MR) is 31.2 cm³/mol. The van der Waals surface area contributed by atoms with E-state index in [1.54, 1.807) is 12.2 Å². The molecule has 0 radical (unpaired) electrons. The first kappa shape index (κ1) is 5.97. The minimum absolute atomic E-state index is 0.222. The molecule has 0 bridgehead atoms. The SMILES string of the molecule is NC1=C(NO)C=CCO1. The van der Waals surface area contributed by atoms with Crippen molar-refractivity contribution in [1.29, 1.82) is 0 Å². The van der Waals surface area contributed by atoms with Gasteiger partial charge in [0.25, 0.3) is 0 Å². The third kappa shape index (κ3) is 1.14. The van der Waals surface area contributed by atoms with Gasteiger partial charge in [-0.25, -0.2) is 0 Å². The summed E-state index contributed by atoms with van der Waals surface area (Å²) in [4.78, 5) is 0. The van der Waals surface area contributed by atoms with E-state index in [1.165, 1.54) is 0 Å². The maximum absolute atomic E-state index is 8.34. The molecule has 0 aromatic carbocycles. The van der Waals surface area contributed by atoms with Crippen LogP contribution in [0.5, 0.6) is 0 Å². The van der Waals surface area contributed by atoms with Crippen LogP contribution in [0.4, 0.5) is 0 Å². The lowest BCUT2D eigenvalue weighted by Gasteiger charge is -2.10. The van der Waals surface area contributed by atoms with Gasteiger partial charge in [-0.05, 0) is 12.2 Å². The Bertz CT molecular complexity index is 162. The lowest BCUT2D eigenvalue weighted by Crippen LogP contribution is -2.18. The Balaban J connectivity index is 2.72. The minimum atomic E-state index is 0.222. The Hall–Kier alpha value is -1.16. The zero-order valence-electron chi connectivity index (χ0n) is 4.79. The van der Waals surface area contributed by atoms with Crippen molar-refractivity contribution in [1.82, 2.24) is 5.48 Å². The Morgan fingerprint density at radius 2 is 2.56 bits per heavy atom. The van der Waals surface area contributed by atoms with E-state index in [0.29, 0.717) is 12.3 Å². The first-order valence-corrected chi connectivity index (χ1v) is 2.54. The molecule has 0 amide bonds. The normalized spacial score (nSPS) is 17.4. The number of ether oxygens (including phenoxy) is 1. The van der Waals surface area contributed by atoms with E-state index in [2.05, 4.69) is 0 Å². The number of hydrogen-bond donors (Lipinski definition) is 3. The molecule has 4 nitrogen and oxygen atoms in total. The fraction of sp³-hybridized carbons (Fsp3) is 0.200. The third-order valence-electron chi connectivity index (χ3n) is 1.01. The Morgan fingerprint density at radius 1 is 1.78 bits per heavy atom. The van der Waals surface area contributed by atoms with Gasteiger partial charge in [-0.3, -0.25) is 10.7 Å². The maximum Gasteiger partial charge on any atom is 0.210 e. The van der Waals surface area contributed by atoms with Crippen LogP contribution in [-0.4, -0.2) is 11.8 Å². The number of hydroxylamine groups is 1. The largest absolute Gasteiger partial charge is 0.474 e. The van der Waals surface area contributed by atoms with Crippen molar-refractivity contribution in [2.75, 3.05) is 6.61 Å². The van der Waals surface area contributed by atoms with Crippen LogP contribution in [0, 0.1) is 0 Å². The van der Waals surface area contributed by atoms with Gasteiger partial charge in [0.2, 0.25) is 5.88 Å². The topological polar surface area (TPSA) is 67.5 Å². The zero-order valence-corrected chi connectivity index (χ0v) is 4.79. The predicted octanol–water partition coefficient (Wildman–Crippen LogP) is -0.321. The van der Waals surface area contributed by atoms with Crippen molar-refractivity contribution < 1.29 is 9.94 Å². The van der Waals surface area contributed by atoms with E-state index < -0.39 is 0 Å². The van der Waals surface area contributed by atoms with Gasteiger partial charge in [0.05, 0.1) is 0 Å². The van der Waals surface area contributed by atoms with Crippen LogP contribution < -0.4 is 11.2 Å². The van der Waals surface area contributed by atoms with Gasteiger partial charge in [-0.2, -0.15) is 0 Å². The van der Waals surface area contributed by atoms with E-state index in [1.807, 2.05) is 5.48 Å². The molecule has 0 saturated carbocycles. The molecular formula is C5H8N2O2. The second-order valence-electron chi connectivity index (χ2n) is 1.60. The fourth-order valence-corrected chi connectivity index (χ4v) is 0.556. The summed E-state index contributed by atoms with van der Waals surface area (Å²) in [6.45, 7) is 0.469. The van der Waals surface area contributed by atoms with Gasteiger partial charge < -0.3 is 10.5 Å². The number of allylic oxidation sites excluding steroid dienone is 1. The summed E-state index contributed by atoms with van der Waals surface area (Å²) in [6, 6.07) is 0. The summed E-state index contributed by atoms with van der Waals surface area (Å²) in [6.07, 6.45) is 3.40. The van der Waals surface area contributed by atoms with E-state index >= 15 is 0 Å². The molecule has 9 heavy (non-hydrogen) atoms. The molecule has 1 heterocycles. The lowest BCUT2D eigenvalue weighted by molar-refractivity contribution is 0.176. The first-order valence-electron chi connectivity index (χ1n) is 2.54. The number of hydrogen-bond acceptors (Lipinski definition) is 4. The highest BCUT2D eigenvalue weighted by molar-refractivity contribution is 5.20. The smallest absolute Gasteiger partial charge is 0.210 e.